The molecule has 0 aliphatic heterocycles. The molecule has 44 heavy (non-hydrogen) atoms. The maximum atomic E-state index is 12.5. The second kappa shape index (κ2) is 21.5. The number of aromatic amines is 1. The van der Waals surface area contributed by atoms with Crippen LogP contribution in [-0.2, 0) is 25.6 Å². The number of nitrogens with zero attached hydrogens (tertiary/aromatic N) is 3. The fraction of sp³-hybridized carbons (Fsp3) is 0.727. The van der Waals surface area contributed by atoms with Gasteiger partial charge in [0.15, 0.2) is 11.2 Å². The minimum absolute atomic E-state index is 0.0119. The summed E-state index contributed by atoms with van der Waals surface area (Å²) < 4.78 is 12.7. The van der Waals surface area contributed by atoms with Crippen molar-refractivity contribution in [3.8, 4) is 0 Å². The number of allylic oxidation sites excluding steroid dienone is 2. The third kappa shape index (κ3) is 14.5. The van der Waals surface area contributed by atoms with Gasteiger partial charge in [-0.15, -0.1) is 0 Å². The average molecular weight is 617 g/mol. The van der Waals surface area contributed by atoms with Crippen molar-refractivity contribution in [1.29, 1.82) is 0 Å². The van der Waals surface area contributed by atoms with E-state index in [0.717, 1.165) is 25.7 Å². The molecule has 0 aliphatic carbocycles. The quantitative estimate of drug-likeness (QED) is 0.0748. The molecule has 2 aromatic rings. The lowest BCUT2D eigenvalue weighted by atomic mass is 10.1. The fourth-order valence-electron chi connectivity index (χ4n) is 4.93. The van der Waals surface area contributed by atoms with Gasteiger partial charge < -0.3 is 25.5 Å². The van der Waals surface area contributed by atoms with Gasteiger partial charge in [-0.2, -0.15) is 4.98 Å². The molecule has 5 N–H and O–H groups in total. The molecule has 0 saturated heterocycles. The molecule has 2 rings (SSSR count). The number of carbonyl (C=O) groups excluding carboxylic acids is 2. The first-order valence-electron chi connectivity index (χ1n) is 16.7. The highest BCUT2D eigenvalue weighted by atomic mass is 16.5. The zero-order valence-corrected chi connectivity index (χ0v) is 27.2. The summed E-state index contributed by atoms with van der Waals surface area (Å²) in [5, 5.41) is 0. The Balaban J connectivity index is 1.72. The number of fused-ring (bicyclic) bond motifs is 1. The number of aromatic nitrogens is 4. The van der Waals surface area contributed by atoms with E-state index >= 15 is 0 Å². The van der Waals surface area contributed by atoms with Crippen molar-refractivity contribution < 1.29 is 19.1 Å². The molecule has 248 valence electrons. The summed E-state index contributed by atoms with van der Waals surface area (Å²) in [6.07, 6.45) is 22.6. The van der Waals surface area contributed by atoms with Crippen molar-refractivity contribution in [2.24, 2.45) is 17.6 Å². The number of hydrogen-bond acceptors (Lipinski definition) is 9. The Hall–Kier alpha value is -3.21. The van der Waals surface area contributed by atoms with Crippen LogP contribution in [-0.4, -0.2) is 50.7 Å². The van der Waals surface area contributed by atoms with Crippen molar-refractivity contribution in [3.63, 3.8) is 0 Å². The van der Waals surface area contributed by atoms with Crippen LogP contribution in [0.15, 0.2) is 23.3 Å². The van der Waals surface area contributed by atoms with Crippen LogP contribution in [0, 0.1) is 11.8 Å². The Kier molecular flexibility index (Phi) is 18.1. The molecule has 1 unspecified atom stereocenters. The van der Waals surface area contributed by atoms with Crippen LogP contribution in [0.1, 0.15) is 117 Å². The molecule has 11 nitrogen and oxygen atoms in total. The van der Waals surface area contributed by atoms with Crippen molar-refractivity contribution in [3.05, 3.63) is 28.8 Å². The number of unbranched alkanes of at least 4 members (excludes halogenated alkanes) is 11. The molecule has 11 heteroatoms. The first-order valence-corrected chi connectivity index (χ1v) is 16.7. The molecular weight excluding hydrogens is 560 g/mol. The van der Waals surface area contributed by atoms with Gasteiger partial charge in [0.25, 0.3) is 5.56 Å². The topological polar surface area (TPSA) is 168 Å². The van der Waals surface area contributed by atoms with E-state index in [1.807, 2.05) is 13.8 Å². The number of anilines is 1. The van der Waals surface area contributed by atoms with Gasteiger partial charge in [-0.25, -0.2) is 4.98 Å². The van der Waals surface area contributed by atoms with E-state index in [1.165, 1.54) is 64.1 Å². The van der Waals surface area contributed by atoms with Crippen LogP contribution in [0.4, 0.5) is 5.95 Å². The Labute approximate surface area is 262 Å². The van der Waals surface area contributed by atoms with Gasteiger partial charge in [0.2, 0.25) is 5.95 Å². The molecule has 0 amide bonds. The van der Waals surface area contributed by atoms with Gasteiger partial charge in [-0.3, -0.25) is 19.4 Å². The molecular formula is C33H56N6O5. The van der Waals surface area contributed by atoms with Crippen LogP contribution >= 0.6 is 0 Å². The van der Waals surface area contributed by atoms with Gasteiger partial charge in [0, 0.05) is 18.9 Å². The first kappa shape index (κ1) is 37.0. The predicted octanol–water partition coefficient (Wildman–Crippen LogP) is 5.82. The number of rotatable bonds is 24. The third-order valence-electron chi connectivity index (χ3n) is 7.83. The van der Waals surface area contributed by atoms with Gasteiger partial charge in [-0.1, -0.05) is 84.3 Å². The number of H-pyrrole nitrogens is 1. The smallest absolute Gasteiger partial charge is 0.323 e. The number of imidazole rings is 1. The number of hydrogen-bond donors (Lipinski definition) is 3. The summed E-state index contributed by atoms with van der Waals surface area (Å²) in [5.74, 6) is -0.997. The van der Waals surface area contributed by atoms with E-state index < -0.39 is 17.6 Å². The Morgan fingerprint density at radius 2 is 1.61 bits per heavy atom. The summed E-state index contributed by atoms with van der Waals surface area (Å²) in [7, 11) is 0. The van der Waals surface area contributed by atoms with Crippen molar-refractivity contribution in [2.75, 3.05) is 18.9 Å². The highest BCUT2D eigenvalue weighted by Crippen LogP contribution is 2.15. The minimum atomic E-state index is -0.701. The van der Waals surface area contributed by atoms with E-state index in [-0.39, 0.29) is 42.5 Å². The zero-order valence-electron chi connectivity index (χ0n) is 27.2. The number of nitrogens with one attached hydrogen (secondary N) is 1. The fourth-order valence-corrected chi connectivity index (χ4v) is 4.93. The first-order chi connectivity index (χ1) is 21.2. The molecule has 0 aromatic carbocycles. The Bertz CT molecular complexity index is 1190. The molecule has 0 bridgehead atoms. The summed E-state index contributed by atoms with van der Waals surface area (Å²) in [6.45, 7) is 6.56. The monoisotopic (exact) mass is 616 g/mol. The molecule has 0 aliphatic rings. The molecule has 0 spiro atoms. The van der Waals surface area contributed by atoms with E-state index in [9.17, 15) is 14.4 Å². The van der Waals surface area contributed by atoms with Gasteiger partial charge in [0.05, 0.1) is 19.5 Å². The molecule has 2 heterocycles. The number of ether oxygens (including phenoxy) is 2. The second-order valence-corrected chi connectivity index (χ2v) is 12.1. The highest BCUT2D eigenvalue weighted by Gasteiger charge is 2.21. The molecule has 2 aromatic heterocycles. The third-order valence-corrected chi connectivity index (χ3v) is 7.83. The van der Waals surface area contributed by atoms with E-state index in [1.54, 1.807) is 4.57 Å². The van der Waals surface area contributed by atoms with Crippen molar-refractivity contribution in [1.82, 2.24) is 19.5 Å². The largest absolute Gasteiger partial charge is 0.465 e. The Morgan fingerprint density at radius 3 is 2.27 bits per heavy atom. The summed E-state index contributed by atoms with van der Waals surface area (Å²) >= 11 is 0. The molecule has 2 atom stereocenters. The molecule has 0 saturated carbocycles. The molecule has 0 fully saturated rings. The SMILES string of the molecule is CCCCCCCCCCCC=CCCCCC(=O)OCC(CCOC(=O)[C@@H](N)C(C)C)Cn1cnc2c(=O)[nH]c(N)nc21. The number of carbonyl (C=O) groups is 2. The summed E-state index contributed by atoms with van der Waals surface area (Å²) in [6, 6.07) is -0.701. The van der Waals surface area contributed by atoms with Crippen LogP contribution in [0.3, 0.4) is 0 Å². The number of nitrogens with two attached hydrogens (primary N) is 2. The lowest BCUT2D eigenvalue weighted by Crippen LogP contribution is -2.37. The van der Waals surface area contributed by atoms with Gasteiger partial charge >= 0.3 is 11.9 Å². The number of nitrogen functional groups attached to an aromatic ring is 1. The van der Waals surface area contributed by atoms with Crippen molar-refractivity contribution in [2.45, 2.75) is 130 Å². The van der Waals surface area contributed by atoms with Crippen LogP contribution < -0.4 is 17.0 Å². The minimum Gasteiger partial charge on any atom is -0.465 e. The lowest BCUT2D eigenvalue weighted by molar-refractivity contribution is -0.149. The van der Waals surface area contributed by atoms with Crippen molar-refractivity contribution >= 4 is 29.1 Å². The lowest BCUT2D eigenvalue weighted by Gasteiger charge is -2.19. The molecule has 0 radical (unpaired) electrons. The summed E-state index contributed by atoms with van der Waals surface area (Å²) in [5.41, 5.74) is 11.7. The van der Waals surface area contributed by atoms with E-state index in [2.05, 4.69) is 34.0 Å². The normalized spacial score (nSPS) is 13.1. The van der Waals surface area contributed by atoms with E-state index in [4.69, 9.17) is 20.9 Å². The van der Waals surface area contributed by atoms with Gasteiger partial charge in [0.1, 0.15) is 6.04 Å². The summed E-state index contributed by atoms with van der Waals surface area (Å²) in [4.78, 5) is 47.7. The average Bonchev–Trinajstić information content (AvgIpc) is 3.39. The predicted molar refractivity (Wildman–Crippen MR) is 175 cm³/mol. The number of esters is 2. The van der Waals surface area contributed by atoms with Crippen LogP contribution in [0.5, 0.6) is 0 Å². The Morgan fingerprint density at radius 1 is 0.977 bits per heavy atom. The standard InChI is InChI=1S/C33H56N6O5/c1-4-5-6-7-8-9-10-11-12-13-14-15-16-17-18-19-27(40)44-23-26(20-21-43-32(42)28(34)25(2)3)22-39-24-36-29-30(39)37-33(35)38-31(29)41/h14-15,24-26,28H,4-13,16-23,34H2,1-3H3,(H3,35,37,38,41)/t26?,28-/m0/s1. The highest BCUT2D eigenvalue weighted by molar-refractivity contribution is 5.75. The second-order valence-electron chi connectivity index (χ2n) is 12.1. The zero-order chi connectivity index (χ0) is 32.2. The van der Waals surface area contributed by atoms with Gasteiger partial charge in [-0.05, 0) is 44.4 Å². The maximum absolute atomic E-state index is 12.5. The van der Waals surface area contributed by atoms with Crippen LogP contribution in [0.2, 0.25) is 0 Å². The maximum Gasteiger partial charge on any atom is 0.323 e. The van der Waals surface area contributed by atoms with Crippen LogP contribution in [0.25, 0.3) is 11.2 Å². The van der Waals surface area contributed by atoms with E-state index in [0.29, 0.717) is 25.0 Å².